The third-order valence-corrected chi connectivity index (χ3v) is 5.25. The fraction of sp³-hybridized carbons (Fsp3) is 0. The van der Waals surface area contributed by atoms with Crippen molar-refractivity contribution in [3.05, 3.63) is 103 Å². The predicted octanol–water partition coefficient (Wildman–Crippen LogP) is 6.12. The quantitative estimate of drug-likeness (QED) is 0.268. The largest absolute Gasteiger partial charge is 0.115 e. The maximum Gasteiger partial charge on any atom is 0.115 e. The first-order valence-corrected chi connectivity index (χ1v) is 9.18. The van der Waals surface area contributed by atoms with Gasteiger partial charge in [0.15, 0.2) is 0 Å². The van der Waals surface area contributed by atoms with Crippen molar-refractivity contribution in [2.75, 3.05) is 0 Å². The van der Waals surface area contributed by atoms with E-state index in [4.69, 9.17) is 7.85 Å². The molecule has 5 aromatic rings. The van der Waals surface area contributed by atoms with Gasteiger partial charge in [0, 0.05) is 0 Å². The van der Waals surface area contributed by atoms with Crippen LogP contribution >= 0.6 is 0 Å². The molecule has 5 rings (SSSR count). The van der Waals surface area contributed by atoms with E-state index in [0.717, 1.165) is 16.2 Å². The van der Waals surface area contributed by atoms with Crippen molar-refractivity contribution in [1.29, 1.82) is 0 Å². The van der Waals surface area contributed by atoms with Crippen LogP contribution in [0, 0.1) is 0 Å². The summed E-state index contributed by atoms with van der Waals surface area (Å²) in [5, 5.41) is 4.59. The van der Waals surface area contributed by atoms with Crippen LogP contribution in [0.15, 0.2) is 103 Å². The van der Waals surface area contributed by atoms with Gasteiger partial charge in [-0.25, -0.2) is 0 Å². The Balaban J connectivity index is 1.96. The summed E-state index contributed by atoms with van der Waals surface area (Å²) in [4.78, 5) is 0. The monoisotopic (exact) mass is 340 g/mol. The molecule has 27 heavy (non-hydrogen) atoms. The topological polar surface area (TPSA) is 0 Å². The van der Waals surface area contributed by atoms with Crippen molar-refractivity contribution in [2.45, 2.75) is 0 Å². The molecule has 0 bridgehead atoms. The molecular weight excluding hydrogens is 323 g/mol. The molecule has 0 amide bonds. The summed E-state index contributed by atoms with van der Waals surface area (Å²) in [6.45, 7) is 0. The van der Waals surface area contributed by atoms with E-state index >= 15 is 0 Å². The van der Waals surface area contributed by atoms with Crippen molar-refractivity contribution < 1.29 is 0 Å². The lowest BCUT2D eigenvalue weighted by molar-refractivity contribution is 1.61. The zero-order valence-corrected chi connectivity index (χ0v) is 14.9. The molecule has 2 radical (unpaired) electrons. The van der Waals surface area contributed by atoms with E-state index in [0.29, 0.717) is 0 Å². The molecule has 0 fully saturated rings. The number of hydrogen-bond acceptors (Lipinski definition) is 0. The van der Waals surface area contributed by atoms with Crippen LogP contribution in [0.5, 0.6) is 0 Å². The van der Waals surface area contributed by atoms with Crippen molar-refractivity contribution in [1.82, 2.24) is 0 Å². The molecule has 0 aliphatic rings. The van der Waals surface area contributed by atoms with E-state index in [1.807, 2.05) is 0 Å². The van der Waals surface area contributed by atoms with E-state index in [9.17, 15) is 0 Å². The minimum absolute atomic E-state index is 0.849. The molecule has 0 spiro atoms. The van der Waals surface area contributed by atoms with Crippen LogP contribution in [0.4, 0.5) is 0 Å². The average Bonchev–Trinajstić information content (AvgIpc) is 2.75. The zero-order chi connectivity index (χ0) is 18.2. The molecular formula is C26H17B. The molecule has 0 aliphatic carbocycles. The maximum atomic E-state index is 6.55. The fourth-order valence-corrected chi connectivity index (χ4v) is 4.02. The van der Waals surface area contributed by atoms with Gasteiger partial charge in [-0.15, -0.1) is 0 Å². The van der Waals surface area contributed by atoms with E-state index in [2.05, 4.69) is 103 Å². The Labute approximate surface area is 160 Å². The van der Waals surface area contributed by atoms with Gasteiger partial charge in [-0.3, -0.25) is 0 Å². The zero-order valence-electron chi connectivity index (χ0n) is 14.9. The van der Waals surface area contributed by atoms with Gasteiger partial charge in [0.2, 0.25) is 0 Å². The SMILES string of the molecule is [B]c1c2ccccc2c(-c2ccccc2-c2ccccc2)c2ccccc12. The Morgan fingerprint density at radius 2 is 0.852 bits per heavy atom. The standard InChI is InChI=1S/C26H17B/c27-26-23-16-8-6-14-21(23)25(22-15-7-9-17-24(22)26)20-13-5-4-12-19(20)18-10-2-1-3-11-18/h1-17H. The van der Waals surface area contributed by atoms with Crippen LogP contribution < -0.4 is 5.46 Å². The highest BCUT2D eigenvalue weighted by atomic mass is 14.2. The molecule has 0 unspecified atom stereocenters. The Morgan fingerprint density at radius 1 is 0.407 bits per heavy atom. The van der Waals surface area contributed by atoms with Crippen molar-refractivity contribution in [3.8, 4) is 22.3 Å². The second kappa shape index (κ2) is 6.44. The van der Waals surface area contributed by atoms with Crippen LogP contribution in [0.3, 0.4) is 0 Å². The highest BCUT2D eigenvalue weighted by Crippen LogP contribution is 2.40. The van der Waals surface area contributed by atoms with Crippen LogP contribution in [0.2, 0.25) is 0 Å². The second-order valence-corrected chi connectivity index (χ2v) is 6.79. The first-order valence-electron chi connectivity index (χ1n) is 9.18. The first-order chi connectivity index (χ1) is 13.3. The normalized spacial score (nSPS) is 11.1. The maximum absolute atomic E-state index is 6.55. The molecule has 0 N–H and O–H groups in total. The summed E-state index contributed by atoms with van der Waals surface area (Å²) in [6, 6.07) is 36.1. The van der Waals surface area contributed by atoms with Crippen LogP contribution in [-0.4, -0.2) is 7.85 Å². The third kappa shape index (κ3) is 2.55. The van der Waals surface area contributed by atoms with Crippen LogP contribution in [0.1, 0.15) is 0 Å². The number of benzene rings is 5. The van der Waals surface area contributed by atoms with Crippen molar-refractivity contribution in [3.63, 3.8) is 0 Å². The fourth-order valence-electron chi connectivity index (χ4n) is 4.02. The van der Waals surface area contributed by atoms with Gasteiger partial charge in [-0.2, -0.15) is 0 Å². The van der Waals surface area contributed by atoms with E-state index in [1.54, 1.807) is 0 Å². The van der Waals surface area contributed by atoms with Gasteiger partial charge in [0.1, 0.15) is 7.85 Å². The van der Waals surface area contributed by atoms with Gasteiger partial charge in [0.25, 0.3) is 0 Å². The van der Waals surface area contributed by atoms with Crippen LogP contribution in [-0.2, 0) is 0 Å². The van der Waals surface area contributed by atoms with E-state index in [-0.39, 0.29) is 0 Å². The van der Waals surface area contributed by atoms with Gasteiger partial charge in [-0.05, 0) is 43.8 Å². The molecule has 5 aromatic carbocycles. The van der Waals surface area contributed by atoms with Crippen molar-refractivity contribution >= 4 is 34.9 Å². The number of rotatable bonds is 2. The molecule has 124 valence electrons. The predicted molar refractivity (Wildman–Crippen MR) is 118 cm³/mol. The third-order valence-electron chi connectivity index (χ3n) is 5.25. The summed E-state index contributed by atoms with van der Waals surface area (Å²) in [5.74, 6) is 0. The van der Waals surface area contributed by atoms with Gasteiger partial charge < -0.3 is 0 Å². The van der Waals surface area contributed by atoms with Gasteiger partial charge in [0.05, 0.1) is 0 Å². The molecule has 0 aliphatic heterocycles. The summed E-state index contributed by atoms with van der Waals surface area (Å²) >= 11 is 0. The number of hydrogen-bond donors (Lipinski definition) is 0. The minimum atomic E-state index is 0.849. The lowest BCUT2D eigenvalue weighted by atomic mass is 9.80. The Hall–Kier alpha value is -3.32. The molecule has 0 heterocycles. The average molecular weight is 340 g/mol. The smallest absolute Gasteiger partial charge is 0.0812 e. The molecule has 0 saturated heterocycles. The molecule has 0 aromatic heterocycles. The van der Waals surface area contributed by atoms with E-state index in [1.165, 1.54) is 33.0 Å². The molecule has 1 heteroatoms. The van der Waals surface area contributed by atoms with Crippen molar-refractivity contribution in [2.24, 2.45) is 0 Å². The highest BCUT2D eigenvalue weighted by Gasteiger charge is 2.15. The lowest BCUT2D eigenvalue weighted by Crippen LogP contribution is -2.07. The molecule has 0 saturated carbocycles. The van der Waals surface area contributed by atoms with Gasteiger partial charge in [-0.1, -0.05) is 109 Å². The second-order valence-electron chi connectivity index (χ2n) is 6.79. The Morgan fingerprint density at radius 3 is 1.44 bits per heavy atom. The summed E-state index contributed by atoms with van der Waals surface area (Å²) in [7, 11) is 6.55. The Bertz CT molecular complexity index is 1210. The molecule has 0 atom stereocenters. The van der Waals surface area contributed by atoms with Gasteiger partial charge >= 0.3 is 0 Å². The molecule has 0 nitrogen and oxygen atoms in total. The number of fused-ring (bicyclic) bond motifs is 2. The minimum Gasteiger partial charge on any atom is -0.0812 e. The van der Waals surface area contributed by atoms with E-state index < -0.39 is 0 Å². The summed E-state index contributed by atoms with van der Waals surface area (Å²) in [6.07, 6.45) is 0. The first kappa shape index (κ1) is 15.9. The Kier molecular flexibility index (Phi) is 3.80. The lowest BCUT2D eigenvalue weighted by Gasteiger charge is -2.18. The summed E-state index contributed by atoms with van der Waals surface area (Å²) in [5.41, 5.74) is 5.78. The summed E-state index contributed by atoms with van der Waals surface area (Å²) < 4.78 is 0. The van der Waals surface area contributed by atoms with Crippen LogP contribution in [0.25, 0.3) is 43.8 Å². The highest BCUT2D eigenvalue weighted by molar-refractivity contribution is 6.46.